The zero-order valence-corrected chi connectivity index (χ0v) is 14.6. The first-order valence-corrected chi connectivity index (χ1v) is 8.34. The van der Waals surface area contributed by atoms with Gasteiger partial charge in [0, 0.05) is 11.1 Å². The van der Waals surface area contributed by atoms with Gasteiger partial charge in [0.1, 0.15) is 11.2 Å². The van der Waals surface area contributed by atoms with Crippen LogP contribution in [-0.4, -0.2) is 24.1 Å². The van der Waals surface area contributed by atoms with Crippen molar-refractivity contribution in [2.24, 2.45) is 16.2 Å². The largest absolute Gasteiger partial charge is 0.494 e. The molecule has 0 radical (unpaired) electrons. The zero-order chi connectivity index (χ0) is 17.8. The minimum atomic E-state index is -1.27. The normalized spacial score (nSPS) is 30.5. The van der Waals surface area contributed by atoms with Crippen LogP contribution in [0.2, 0.25) is 0 Å². The summed E-state index contributed by atoms with van der Waals surface area (Å²) in [6.45, 7) is 8.00. The van der Waals surface area contributed by atoms with Gasteiger partial charge in [-0.05, 0) is 49.4 Å². The highest BCUT2D eigenvalue weighted by atomic mass is 16.5. The van der Waals surface area contributed by atoms with E-state index < -0.39 is 27.8 Å². The lowest BCUT2D eigenvalue weighted by molar-refractivity contribution is -0.147. The van der Waals surface area contributed by atoms with Gasteiger partial charge in [0.2, 0.25) is 17.5 Å². The summed E-state index contributed by atoms with van der Waals surface area (Å²) in [5.41, 5.74) is -2.12. The van der Waals surface area contributed by atoms with E-state index in [1.54, 1.807) is 24.3 Å². The lowest BCUT2D eigenvalue weighted by Gasteiger charge is -2.37. The first-order chi connectivity index (χ1) is 11.2. The Morgan fingerprint density at radius 2 is 1.71 bits per heavy atom. The Balaban J connectivity index is 1.89. The quantitative estimate of drug-likeness (QED) is 0.681. The van der Waals surface area contributed by atoms with Crippen molar-refractivity contribution in [1.82, 2.24) is 0 Å². The third-order valence-electron chi connectivity index (χ3n) is 6.35. The molecule has 2 atom stereocenters. The van der Waals surface area contributed by atoms with Crippen LogP contribution in [0.25, 0.3) is 0 Å². The third kappa shape index (κ3) is 1.84. The summed E-state index contributed by atoms with van der Waals surface area (Å²) in [5.74, 6) is -0.601. The van der Waals surface area contributed by atoms with Crippen molar-refractivity contribution in [1.29, 1.82) is 0 Å². The van der Waals surface area contributed by atoms with Gasteiger partial charge < -0.3 is 10.1 Å². The van der Waals surface area contributed by atoms with Crippen LogP contribution < -0.4 is 10.1 Å². The second-order valence-electron chi connectivity index (χ2n) is 7.43. The second kappa shape index (κ2) is 5.16. The molecule has 0 aliphatic heterocycles. The smallest absolute Gasteiger partial charge is 0.239 e. The number of rotatable bonds is 4. The van der Waals surface area contributed by atoms with Gasteiger partial charge in [-0.25, -0.2) is 0 Å². The van der Waals surface area contributed by atoms with E-state index in [1.165, 1.54) is 0 Å². The van der Waals surface area contributed by atoms with Gasteiger partial charge in [-0.2, -0.15) is 0 Å². The highest BCUT2D eigenvalue weighted by Gasteiger charge is 2.77. The average Bonchev–Trinajstić information content (AvgIpc) is 2.81. The molecule has 1 N–H and O–H groups in total. The topological polar surface area (TPSA) is 72.5 Å². The molecule has 128 valence electrons. The molecule has 0 saturated heterocycles. The molecule has 0 spiro atoms. The van der Waals surface area contributed by atoms with Crippen molar-refractivity contribution in [2.45, 2.75) is 40.5 Å². The van der Waals surface area contributed by atoms with Gasteiger partial charge in [0.05, 0.1) is 6.61 Å². The van der Waals surface area contributed by atoms with E-state index >= 15 is 0 Å². The molecule has 2 saturated carbocycles. The lowest BCUT2D eigenvalue weighted by atomic mass is 9.64. The fourth-order valence-electron chi connectivity index (χ4n) is 4.31. The number of ketones is 2. The Morgan fingerprint density at radius 3 is 2.21 bits per heavy atom. The van der Waals surface area contributed by atoms with Gasteiger partial charge >= 0.3 is 0 Å². The minimum absolute atomic E-state index is 0.378. The average molecular weight is 329 g/mol. The third-order valence-corrected chi connectivity index (χ3v) is 6.35. The van der Waals surface area contributed by atoms with Crippen molar-refractivity contribution in [3.63, 3.8) is 0 Å². The molecule has 24 heavy (non-hydrogen) atoms. The van der Waals surface area contributed by atoms with E-state index in [2.05, 4.69) is 5.32 Å². The molecule has 5 nitrogen and oxygen atoms in total. The number of anilines is 1. The van der Waals surface area contributed by atoms with Crippen LogP contribution in [0.1, 0.15) is 40.5 Å². The van der Waals surface area contributed by atoms with E-state index in [1.807, 2.05) is 27.7 Å². The molecule has 0 aromatic heterocycles. The first kappa shape index (κ1) is 16.7. The molecule has 2 aliphatic carbocycles. The predicted octanol–water partition coefficient (Wildman–Crippen LogP) is 2.99. The highest BCUT2D eigenvalue weighted by Crippen LogP contribution is 2.69. The Kier molecular flexibility index (Phi) is 3.59. The zero-order valence-electron chi connectivity index (χ0n) is 14.6. The number of benzene rings is 1. The summed E-state index contributed by atoms with van der Waals surface area (Å²) < 4.78 is 5.38. The predicted molar refractivity (Wildman–Crippen MR) is 89.8 cm³/mol. The maximum absolute atomic E-state index is 13.0. The molecular weight excluding hydrogens is 306 g/mol. The maximum atomic E-state index is 13.0. The van der Waals surface area contributed by atoms with Crippen molar-refractivity contribution in [2.75, 3.05) is 11.9 Å². The molecular formula is C19H23NO4. The summed E-state index contributed by atoms with van der Waals surface area (Å²) in [7, 11) is 0. The number of amides is 1. The van der Waals surface area contributed by atoms with Crippen LogP contribution in [0.3, 0.4) is 0 Å². The number of Topliss-reactive ketones (excluding diaryl/α,β-unsaturated/α-hetero) is 2. The SMILES string of the molecule is CCOc1ccc(NC(=O)[C@]23CC[C@@](C)(C(=O)C2=O)C3(C)C)cc1. The lowest BCUT2D eigenvalue weighted by Crippen LogP contribution is -2.47. The van der Waals surface area contributed by atoms with Gasteiger partial charge in [-0.3, -0.25) is 14.4 Å². The summed E-state index contributed by atoms with van der Waals surface area (Å²) in [6.07, 6.45) is 0.991. The Hall–Kier alpha value is -2.17. The van der Waals surface area contributed by atoms with E-state index in [0.717, 1.165) is 5.75 Å². The maximum Gasteiger partial charge on any atom is 0.239 e. The van der Waals surface area contributed by atoms with Crippen molar-refractivity contribution in [3.05, 3.63) is 24.3 Å². The van der Waals surface area contributed by atoms with Crippen LogP contribution in [0.15, 0.2) is 24.3 Å². The molecule has 2 bridgehead atoms. The summed E-state index contributed by atoms with van der Waals surface area (Å²) >= 11 is 0. The van der Waals surface area contributed by atoms with Crippen molar-refractivity contribution in [3.8, 4) is 5.75 Å². The first-order valence-electron chi connectivity index (χ1n) is 8.34. The second-order valence-corrected chi connectivity index (χ2v) is 7.43. The summed E-state index contributed by atoms with van der Waals surface area (Å²) in [4.78, 5) is 38.1. The highest BCUT2D eigenvalue weighted by molar-refractivity contribution is 6.49. The number of nitrogens with one attached hydrogen (secondary N) is 1. The molecule has 0 heterocycles. The summed E-state index contributed by atoms with van der Waals surface area (Å²) in [6, 6.07) is 7.01. The van der Waals surface area contributed by atoms with Crippen molar-refractivity contribution >= 4 is 23.2 Å². The van der Waals surface area contributed by atoms with Crippen LogP contribution in [0.4, 0.5) is 5.69 Å². The standard InChI is InChI=1S/C19H23NO4/c1-5-24-13-8-6-12(7-9-13)20-16(23)19-11-10-18(4,17(19,2)3)14(21)15(19)22/h6-9H,5,10-11H2,1-4H3,(H,20,23)/t18-,19-/m0/s1. The van der Waals surface area contributed by atoms with Crippen LogP contribution in [-0.2, 0) is 14.4 Å². The Bertz CT molecular complexity index is 721. The molecule has 3 rings (SSSR count). The van der Waals surface area contributed by atoms with E-state index in [4.69, 9.17) is 4.74 Å². The molecule has 2 fully saturated rings. The molecule has 1 aromatic rings. The van der Waals surface area contributed by atoms with E-state index in [9.17, 15) is 14.4 Å². The number of carbonyl (C=O) groups is 3. The van der Waals surface area contributed by atoms with Gasteiger partial charge in [0.25, 0.3) is 0 Å². The number of carbonyl (C=O) groups excluding carboxylic acids is 3. The number of hydrogen-bond donors (Lipinski definition) is 1. The Labute approximate surface area is 141 Å². The molecule has 2 aliphatic rings. The summed E-state index contributed by atoms with van der Waals surface area (Å²) in [5, 5.41) is 2.83. The molecule has 1 amide bonds. The Morgan fingerprint density at radius 1 is 1.08 bits per heavy atom. The van der Waals surface area contributed by atoms with Crippen LogP contribution in [0, 0.1) is 16.2 Å². The monoisotopic (exact) mass is 329 g/mol. The van der Waals surface area contributed by atoms with Gasteiger partial charge in [0.15, 0.2) is 0 Å². The minimum Gasteiger partial charge on any atom is -0.494 e. The van der Waals surface area contributed by atoms with E-state index in [-0.39, 0.29) is 5.91 Å². The van der Waals surface area contributed by atoms with Crippen molar-refractivity contribution < 1.29 is 19.1 Å². The fraction of sp³-hybridized carbons (Fsp3) is 0.526. The molecule has 5 heteroatoms. The number of fused-ring (bicyclic) bond motifs is 2. The van der Waals surface area contributed by atoms with E-state index in [0.29, 0.717) is 25.1 Å². The fourth-order valence-corrected chi connectivity index (χ4v) is 4.31. The van der Waals surface area contributed by atoms with Crippen LogP contribution in [0.5, 0.6) is 5.75 Å². The van der Waals surface area contributed by atoms with Crippen LogP contribution >= 0.6 is 0 Å². The molecule has 1 aromatic carbocycles. The van der Waals surface area contributed by atoms with Gasteiger partial charge in [-0.1, -0.05) is 20.8 Å². The number of ether oxygens (including phenoxy) is 1. The van der Waals surface area contributed by atoms with Gasteiger partial charge in [-0.15, -0.1) is 0 Å². The molecule has 0 unspecified atom stereocenters. The number of hydrogen-bond acceptors (Lipinski definition) is 4.